The summed E-state index contributed by atoms with van der Waals surface area (Å²) in [6.45, 7) is 0. The Morgan fingerprint density at radius 2 is 1.55 bits per heavy atom. The lowest BCUT2D eigenvalue weighted by atomic mass is 10.0. The number of benzene rings is 2. The number of rotatable bonds is 4. The number of hydrogen-bond donors (Lipinski definition) is 0. The minimum Gasteiger partial charge on any atom is -0.280 e. The third kappa shape index (κ3) is 3.86. The first kappa shape index (κ1) is 19.6. The van der Waals surface area contributed by atoms with E-state index in [0.29, 0.717) is 22.8 Å². The van der Waals surface area contributed by atoms with Gasteiger partial charge in [-0.3, -0.25) is 18.9 Å². The molecule has 0 unspecified atom stereocenters. The van der Waals surface area contributed by atoms with Gasteiger partial charge in [-0.2, -0.15) is 0 Å². The first-order valence-corrected chi connectivity index (χ1v) is 11.4. The number of hydrogen-bond acceptors (Lipinski definition) is 4. The highest BCUT2D eigenvalue weighted by Crippen LogP contribution is 2.36. The third-order valence-corrected chi connectivity index (χ3v) is 6.43. The summed E-state index contributed by atoms with van der Waals surface area (Å²) in [6, 6.07) is 23.3. The number of aromatic nitrogens is 2. The molecule has 0 saturated heterocycles. The zero-order valence-corrected chi connectivity index (χ0v) is 17.7. The molecule has 2 aromatic heterocycles. The molecule has 1 aliphatic heterocycles. The molecule has 0 saturated carbocycles. The molecule has 0 spiro atoms. The van der Waals surface area contributed by atoms with Crippen LogP contribution >= 0.6 is 11.8 Å². The molecule has 0 bridgehead atoms. The van der Waals surface area contributed by atoms with Gasteiger partial charge in [0.25, 0.3) is 5.56 Å². The molecule has 154 valence electrons. The number of fused-ring (bicyclic) bond motifs is 3. The van der Waals surface area contributed by atoms with Gasteiger partial charge in [0.15, 0.2) is 0 Å². The predicted molar refractivity (Wildman–Crippen MR) is 125 cm³/mol. The van der Waals surface area contributed by atoms with E-state index < -0.39 is 0 Å². The van der Waals surface area contributed by atoms with Gasteiger partial charge in [-0.05, 0) is 48.2 Å². The Morgan fingerprint density at radius 3 is 2.26 bits per heavy atom. The van der Waals surface area contributed by atoms with Crippen LogP contribution in [-0.4, -0.2) is 21.0 Å². The van der Waals surface area contributed by atoms with E-state index >= 15 is 0 Å². The largest absolute Gasteiger partial charge is 0.280 e. The van der Waals surface area contributed by atoms with Crippen LogP contribution in [0.1, 0.15) is 16.8 Å². The molecule has 2 aromatic carbocycles. The molecule has 5 rings (SSSR count). The second kappa shape index (κ2) is 8.40. The van der Waals surface area contributed by atoms with E-state index in [-0.39, 0.29) is 11.5 Å². The first-order chi connectivity index (χ1) is 15.2. The van der Waals surface area contributed by atoms with Crippen LogP contribution < -0.4 is 10.5 Å². The SMILES string of the molecule is O=C(CSCc1cc(=O)n2ccccc2n1)N1c2ccccc2CCc2ccccc21. The lowest BCUT2D eigenvalue weighted by Gasteiger charge is -2.25. The van der Waals surface area contributed by atoms with E-state index in [4.69, 9.17) is 0 Å². The smallest absolute Gasteiger partial charge is 0.258 e. The van der Waals surface area contributed by atoms with Crippen LogP contribution in [0.5, 0.6) is 0 Å². The van der Waals surface area contributed by atoms with Crippen LogP contribution in [0.3, 0.4) is 0 Å². The highest BCUT2D eigenvalue weighted by Gasteiger charge is 2.25. The number of anilines is 2. The molecular formula is C25H21N3O2S. The van der Waals surface area contributed by atoms with Crippen LogP contribution in [0.25, 0.3) is 5.65 Å². The molecule has 6 heteroatoms. The molecule has 0 fully saturated rings. The highest BCUT2D eigenvalue weighted by atomic mass is 32.2. The predicted octanol–water partition coefficient (Wildman–Crippen LogP) is 4.39. The van der Waals surface area contributed by atoms with Gasteiger partial charge in [-0.1, -0.05) is 42.5 Å². The lowest BCUT2D eigenvalue weighted by Crippen LogP contribution is -2.28. The summed E-state index contributed by atoms with van der Waals surface area (Å²) in [6.07, 6.45) is 3.53. The number of amides is 1. The molecule has 31 heavy (non-hydrogen) atoms. The van der Waals surface area contributed by atoms with Gasteiger partial charge >= 0.3 is 0 Å². The van der Waals surface area contributed by atoms with Gasteiger partial charge < -0.3 is 0 Å². The van der Waals surface area contributed by atoms with Crippen molar-refractivity contribution < 1.29 is 4.79 Å². The number of para-hydroxylation sites is 2. The summed E-state index contributed by atoms with van der Waals surface area (Å²) in [5.41, 5.74) is 5.48. The van der Waals surface area contributed by atoms with Gasteiger partial charge in [-0.15, -0.1) is 11.8 Å². The Morgan fingerprint density at radius 1 is 0.903 bits per heavy atom. The minimum atomic E-state index is -0.108. The summed E-state index contributed by atoms with van der Waals surface area (Å²) in [5.74, 6) is 0.839. The van der Waals surface area contributed by atoms with Gasteiger partial charge in [-0.25, -0.2) is 4.98 Å². The second-order valence-corrected chi connectivity index (χ2v) is 8.48. The summed E-state index contributed by atoms with van der Waals surface area (Å²) >= 11 is 1.48. The summed E-state index contributed by atoms with van der Waals surface area (Å²) in [4.78, 5) is 32.1. The summed E-state index contributed by atoms with van der Waals surface area (Å²) in [7, 11) is 0. The van der Waals surface area contributed by atoms with Gasteiger partial charge in [0, 0.05) is 18.0 Å². The number of nitrogens with zero attached hydrogens (tertiary/aromatic N) is 3. The Balaban J connectivity index is 1.38. The van der Waals surface area contributed by atoms with E-state index in [1.54, 1.807) is 18.3 Å². The van der Waals surface area contributed by atoms with Crippen LogP contribution in [0.2, 0.25) is 0 Å². The molecule has 3 heterocycles. The zero-order valence-electron chi connectivity index (χ0n) is 16.9. The fourth-order valence-corrected chi connectivity index (χ4v) is 4.80. The zero-order chi connectivity index (χ0) is 21.2. The third-order valence-electron chi connectivity index (χ3n) is 5.48. The maximum atomic E-state index is 13.4. The van der Waals surface area contributed by atoms with E-state index in [1.165, 1.54) is 27.3 Å². The van der Waals surface area contributed by atoms with E-state index in [0.717, 1.165) is 24.2 Å². The topological polar surface area (TPSA) is 54.7 Å². The monoisotopic (exact) mass is 427 g/mol. The van der Waals surface area contributed by atoms with Crippen molar-refractivity contribution in [3.8, 4) is 0 Å². The Bertz CT molecular complexity index is 1280. The molecule has 0 aliphatic carbocycles. The van der Waals surface area contributed by atoms with Gasteiger partial charge in [0.05, 0.1) is 22.8 Å². The van der Waals surface area contributed by atoms with E-state index in [2.05, 4.69) is 17.1 Å². The Labute approximate surface area is 184 Å². The fraction of sp³-hybridized carbons (Fsp3) is 0.160. The van der Waals surface area contributed by atoms with Gasteiger partial charge in [0.2, 0.25) is 5.91 Å². The van der Waals surface area contributed by atoms with Crippen molar-refractivity contribution in [1.82, 2.24) is 9.38 Å². The number of pyridine rings is 1. The molecule has 1 aliphatic rings. The normalized spacial score (nSPS) is 12.8. The number of carbonyl (C=O) groups is 1. The fourth-order valence-electron chi connectivity index (χ4n) is 4.03. The molecule has 4 aromatic rings. The van der Waals surface area contributed by atoms with E-state index in [9.17, 15) is 9.59 Å². The first-order valence-electron chi connectivity index (χ1n) is 10.2. The average molecular weight is 428 g/mol. The standard InChI is InChI=1S/C25H21N3O2S/c29-24-15-20(26-23-11-5-6-14-27(23)24)16-31-17-25(30)28-21-9-3-1-7-18(21)12-13-19-8-2-4-10-22(19)28/h1-11,14-15H,12-13,16-17H2. The molecule has 0 radical (unpaired) electrons. The minimum absolute atomic E-state index is 0.0318. The Kier molecular flexibility index (Phi) is 5.30. The molecule has 0 N–H and O–H groups in total. The number of carbonyl (C=O) groups excluding carboxylic acids is 1. The van der Waals surface area contributed by atoms with Crippen LogP contribution in [-0.2, 0) is 23.4 Å². The van der Waals surface area contributed by atoms with Crippen LogP contribution in [0.4, 0.5) is 11.4 Å². The molecule has 0 atom stereocenters. The molecule has 5 nitrogen and oxygen atoms in total. The maximum Gasteiger partial charge on any atom is 0.258 e. The van der Waals surface area contributed by atoms with Crippen LogP contribution in [0, 0.1) is 0 Å². The van der Waals surface area contributed by atoms with Crippen molar-refractivity contribution in [3.63, 3.8) is 0 Å². The Hall–Kier alpha value is -3.38. The summed E-state index contributed by atoms with van der Waals surface area (Å²) < 4.78 is 1.52. The van der Waals surface area contributed by atoms with Crippen molar-refractivity contribution in [2.75, 3.05) is 10.7 Å². The van der Waals surface area contributed by atoms with Crippen molar-refractivity contribution in [2.24, 2.45) is 0 Å². The van der Waals surface area contributed by atoms with Crippen molar-refractivity contribution in [3.05, 3.63) is 106 Å². The average Bonchev–Trinajstić information content (AvgIpc) is 2.96. The van der Waals surface area contributed by atoms with E-state index in [1.807, 2.05) is 53.4 Å². The highest BCUT2D eigenvalue weighted by molar-refractivity contribution is 7.99. The second-order valence-electron chi connectivity index (χ2n) is 7.49. The number of thioether (sulfide) groups is 1. The van der Waals surface area contributed by atoms with Crippen molar-refractivity contribution >= 4 is 34.7 Å². The maximum absolute atomic E-state index is 13.4. The molecular weight excluding hydrogens is 406 g/mol. The van der Waals surface area contributed by atoms with Crippen LogP contribution in [0.15, 0.2) is 83.8 Å². The lowest BCUT2D eigenvalue weighted by molar-refractivity contribution is -0.115. The molecule has 1 amide bonds. The van der Waals surface area contributed by atoms with Crippen molar-refractivity contribution in [1.29, 1.82) is 0 Å². The van der Waals surface area contributed by atoms with Gasteiger partial charge in [0.1, 0.15) is 5.65 Å². The quantitative estimate of drug-likeness (QED) is 0.485. The number of aryl methyl sites for hydroxylation is 2. The van der Waals surface area contributed by atoms with Crippen molar-refractivity contribution in [2.45, 2.75) is 18.6 Å². The summed E-state index contributed by atoms with van der Waals surface area (Å²) in [5, 5.41) is 0.